The highest BCUT2D eigenvalue weighted by Crippen LogP contribution is 2.15. The van der Waals surface area contributed by atoms with Crippen molar-refractivity contribution < 1.29 is 28.6 Å². The molecule has 7 nitrogen and oxygen atoms in total. The average molecular weight is 706 g/mol. The number of likely N-dealkylation sites (N-methyl/N-ethyl adjacent to an activating group) is 1. The molecule has 0 rings (SSSR count). The zero-order valence-electron chi connectivity index (χ0n) is 33.4. The molecule has 0 saturated carbocycles. The Balaban J connectivity index is 4.22. The fourth-order valence-electron chi connectivity index (χ4n) is 6.01. The highest BCUT2D eigenvalue weighted by Gasteiger charge is 2.31. The standard InChI is InChI=1S/C43H79NO6/c1-6-8-10-12-14-16-18-20-22-24-26-28-30-32-34-36-41(46)48-38-40(43(44(4)5)49-39(3)45)50-42(47)37-35-33-31-29-27-25-23-21-19-17-15-13-11-9-7-2/h20-23,40,43H,6-19,24-38H2,1-5H3/b22-20-,23-21-. The van der Waals surface area contributed by atoms with Gasteiger partial charge in [-0.25, -0.2) is 0 Å². The third-order valence-corrected chi connectivity index (χ3v) is 9.09. The first-order valence-electron chi connectivity index (χ1n) is 20.8. The molecule has 0 fully saturated rings. The smallest absolute Gasteiger partial charge is 0.306 e. The van der Waals surface area contributed by atoms with E-state index in [4.69, 9.17) is 14.2 Å². The number of unbranched alkanes of at least 4 members (excludes halogenated alkanes) is 22. The lowest BCUT2D eigenvalue weighted by molar-refractivity contribution is -0.187. The van der Waals surface area contributed by atoms with Gasteiger partial charge in [0.25, 0.3) is 0 Å². The molecule has 0 saturated heterocycles. The quantitative estimate of drug-likeness (QED) is 0.0211. The molecule has 7 heteroatoms. The Morgan fingerprint density at radius 3 is 1.24 bits per heavy atom. The molecule has 0 heterocycles. The first-order valence-corrected chi connectivity index (χ1v) is 20.8. The van der Waals surface area contributed by atoms with Crippen molar-refractivity contribution in [2.75, 3.05) is 20.7 Å². The van der Waals surface area contributed by atoms with Crippen molar-refractivity contribution in [1.29, 1.82) is 0 Å². The highest BCUT2D eigenvalue weighted by molar-refractivity contribution is 5.70. The topological polar surface area (TPSA) is 82.1 Å². The van der Waals surface area contributed by atoms with E-state index in [2.05, 4.69) is 38.2 Å². The van der Waals surface area contributed by atoms with Gasteiger partial charge in [0.2, 0.25) is 0 Å². The Morgan fingerprint density at radius 2 is 0.860 bits per heavy atom. The van der Waals surface area contributed by atoms with Crippen LogP contribution in [-0.4, -0.2) is 55.8 Å². The van der Waals surface area contributed by atoms with E-state index in [1.807, 2.05) is 0 Å². The van der Waals surface area contributed by atoms with Gasteiger partial charge in [0.05, 0.1) is 0 Å². The van der Waals surface area contributed by atoms with E-state index >= 15 is 0 Å². The number of ether oxygens (including phenoxy) is 3. The summed E-state index contributed by atoms with van der Waals surface area (Å²) in [5.74, 6) is -1.16. The SMILES string of the molecule is CCCCCCCC/C=C\CCCCCCCC(=O)OCC(OC(=O)CCCCCCC/C=C\CCCCCCCC)C(OC(C)=O)N(C)C. The third kappa shape index (κ3) is 33.0. The van der Waals surface area contributed by atoms with Crippen molar-refractivity contribution in [3.05, 3.63) is 24.3 Å². The lowest BCUT2D eigenvalue weighted by Gasteiger charge is -2.30. The van der Waals surface area contributed by atoms with E-state index in [9.17, 15) is 14.4 Å². The zero-order valence-corrected chi connectivity index (χ0v) is 33.4. The predicted octanol–water partition coefficient (Wildman–Crippen LogP) is 12.0. The van der Waals surface area contributed by atoms with Crippen molar-refractivity contribution >= 4 is 17.9 Å². The molecule has 0 aliphatic rings. The molecule has 2 unspecified atom stereocenters. The molecule has 0 bridgehead atoms. The Kier molecular flexibility index (Phi) is 35.1. The molecule has 2 atom stereocenters. The molecule has 0 aromatic heterocycles. The number of rotatable bonds is 36. The van der Waals surface area contributed by atoms with Crippen molar-refractivity contribution in [2.45, 2.75) is 213 Å². The van der Waals surface area contributed by atoms with Crippen LogP contribution in [-0.2, 0) is 28.6 Å². The second kappa shape index (κ2) is 36.6. The maximum Gasteiger partial charge on any atom is 0.306 e. The van der Waals surface area contributed by atoms with Crippen LogP contribution in [0.1, 0.15) is 201 Å². The minimum atomic E-state index is -0.886. The summed E-state index contributed by atoms with van der Waals surface area (Å²) >= 11 is 0. The molecule has 0 aromatic rings. The number of hydrogen-bond donors (Lipinski definition) is 0. The summed E-state index contributed by atoms with van der Waals surface area (Å²) in [6.07, 6.45) is 39.3. The van der Waals surface area contributed by atoms with Crippen LogP contribution in [0.2, 0.25) is 0 Å². The Labute approximate surface area is 308 Å². The fraction of sp³-hybridized carbons (Fsp3) is 0.837. The van der Waals surface area contributed by atoms with Gasteiger partial charge < -0.3 is 14.2 Å². The monoisotopic (exact) mass is 706 g/mol. The third-order valence-electron chi connectivity index (χ3n) is 9.09. The van der Waals surface area contributed by atoms with Gasteiger partial charge >= 0.3 is 17.9 Å². The summed E-state index contributed by atoms with van der Waals surface area (Å²) in [5.41, 5.74) is 0. The molecule has 292 valence electrons. The molecule has 0 N–H and O–H groups in total. The minimum Gasteiger partial charge on any atom is -0.462 e. The van der Waals surface area contributed by atoms with Gasteiger partial charge in [0.15, 0.2) is 12.3 Å². The molecule has 0 aliphatic heterocycles. The van der Waals surface area contributed by atoms with E-state index in [-0.39, 0.29) is 25.0 Å². The van der Waals surface area contributed by atoms with E-state index in [0.29, 0.717) is 6.42 Å². The Morgan fingerprint density at radius 1 is 0.500 bits per heavy atom. The van der Waals surface area contributed by atoms with Gasteiger partial charge in [0.1, 0.15) is 6.61 Å². The van der Waals surface area contributed by atoms with Crippen molar-refractivity contribution in [1.82, 2.24) is 4.90 Å². The summed E-state index contributed by atoms with van der Waals surface area (Å²) in [6, 6.07) is 0. The Hall–Kier alpha value is -2.15. The summed E-state index contributed by atoms with van der Waals surface area (Å²) in [6.45, 7) is 5.69. The molecule has 0 aromatic carbocycles. The van der Waals surface area contributed by atoms with Gasteiger partial charge in [-0.15, -0.1) is 0 Å². The van der Waals surface area contributed by atoms with E-state index < -0.39 is 18.3 Å². The number of nitrogens with zero attached hydrogens (tertiary/aromatic N) is 1. The van der Waals surface area contributed by atoms with Crippen LogP contribution in [0.4, 0.5) is 0 Å². The van der Waals surface area contributed by atoms with Crippen LogP contribution in [0.25, 0.3) is 0 Å². The number of carbonyl (C=O) groups excluding carboxylic acids is 3. The molecule has 0 radical (unpaired) electrons. The van der Waals surface area contributed by atoms with E-state index in [0.717, 1.165) is 64.2 Å². The summed E-state index contributed by atoms with van der Waals surface area (Å²) in [4.78, 5) is 38.7. The van der Waals surface area contributed by atoms with Gasteiger partial charge in [-0.1, -0.05) is 141 Å². The number of carbonyl (C=O) groups is 3. The lowest BCUT2D eigenvalue weighted by atomic mass is 10.1. The molecular formula is C43H79NO6. The lowest BCUT2D eigenvalue weighted by Crippen LogP contribution is -2.47. The molecule has 0 spiro atoms. The molecule has 50 heavy (non-hydrogen) atoms. The maximum atomic E-state index is 12.7. The summed E-state index contributed by atoms with van der Waals surface area (Å²) in [7, 11) is 3.48. The zero-order chi connectivity index (χ0) is 36.9. The summed E-state index contributed by atoms with van der Waals surface area (Å²) in [5, 5.41) is 0. The molecular weight excluding hydrogens is 626 g/mol. The first kappa shape index (κ1) is 47.8. The van der Waals surface area contributed by atoms with Crippen LogP contribution in [0.5, 0.6) is 0 Å². The minimum absolute atomic E-state index is 0.141. The van der Waals surface area contributed by atoms with Gasteiger partial charge in [0, 0.05) is 19.8 Å². The molecule has 0 aliphatic carbocycles. The van der Waals surface area contributed by atoms with Crippen molar-refractivity contribution in [2.24, 2.45) is 0 Å². The predicted molar refractivity (Wildman–Crippen MR) is 209 cm³/mol. The molecule has 0 amide bonds. The first-order chi connectivity index (χ1) is 24.3. The number of allylic oxidation sites excluding steroid dienone is 4. The highest BCUT2D eigenvalue weighted by atomic mass is 16.6. The fourth-order valence-corrected chi connectivity index (χ4v) is 6.01. The van der Waals surface area contributed by atoms with Crippen LogP contribution in [0.15, 0.2) is 24.3 Å². The summed E-state index contributed by atoms with van der Waals surface area (Å²) < 4.78 is 16.7. The van der Waals surface area contributed by atoms with Gasteiger partial charge in [-0.3, -0.25) is 19.3 Å². The normalized spacial score (nSPS) is 12.9. The Bertz CT molecular complexity index is 854. The maximum absolute atomic E-state index is 12.7. The second-order valence-electron chi connectivity index (χ2n) is 14.3. The van der Waals surface area contributed by atoms with E-state index in [1.54, 1.807) is 19.0 Å². The number of esters is 3. The van der Waals surface area contributed by atoms with Crippen LogP contribution >= 0.6 is 0 Å². The van der Waals surface area contributed by atoms with Crippen LogP contribution in [0.3, 0.4) is 0 Å². The second-order valence-corrected chi connectivity index (χ2v) is 14.3. The average Bonchev–Trinajstić information content (AvgIpc) is 3.08. The largest absolute Gasteiger partial charge is 0.462 e. The van der Waals surface area contributed by atoms with Crippen molar-refractivity contribution in [3.63, 3.8) is 0 Å². The van der Waals surface area contributed by atoms with Crippen LogP contribution in [0, 0.1) is 0 Å². The number of hydrogen-bond acceptors (Lipinski definition) is 7. The van der Waals surface area contributed by atoms with Gasteiger partial charge in [-0.05, 0) is 78.3 Å². The van der Waals surface area contributed by atoms with Crippen molar-refractivity contribution in [3.8, 4) is 0 Å². The van der Waals surface area contributed by atoms with Crippen LogP contribution < -0.4 is 0 Å². The van der Waals surface area contributed by atoms with Gasteiger partial charge in [-0.2, -0.15) is 0 Å². The van der Waals surface area contributed by atoms with E-state index in [1.165, 1.54) is 110 Å².